The van der Waals surface area contributed by atoms with Crippen molar-refractivity contribution in [3.05, 3.63) is 22.0 Å². The monoisotopic (exact) mass is 160 g/mol. The van der Waals surface area contributed by atoms with Crippen LogP contribution in [0, 0.1) is 10.1 Å². The molecule has 0 aliphatic carbocycles. The zero-order valence-corrected chi connectivity index (χ0v) is 5.94. The Morgan fingerprint density at radius 1 is 1.82 bits per heavy atom. The van der Waals surface area contributed by atoms with Gasteiger partial charge in [-0.15, -0.1) is 0 Å². The number of nitro groups is 1. The molecule has 0 aromatic carbocycles. The summed E-state index contributed by atoms with van der Waals surface area (Å²) in [5.74, 6) is -1.01. The van der Waals surface area contributed by atoms with E-state index in [1.807, 2.05) is 0 Å². The van der Waals surface area contributed by atoms with Gasteiger partial charge in [0.15, 0.2) is 0 Å². The molecule has 62 valence electrons. The molecule has 0 bridgehead atoms. The quantitative estimate of drug-likeness (QED) is 0.263. The Kier molecular flexibility index (Phi) is 3.65. The van der Waals surface area contributed by atoms with E-state index in [-0.39, 0.29) is 6.61 Å². The van der Waals surface area contributed by atoms with Crippen LogP contribution in [0.1, 0.15) is 6.92 Å². The Bertz CT molecular complexity index is 199. The van der Waals surface area contributed by atoms with Gasteiger partial charge in [-0.1, -0.05) is 0 Å². The van der Waals surface area contributed by atoms with Gasteiger partial charge in [-0.2, -0.15) is 0 Å². The van der Waals surface area contributed by atoms with Gasteiger partial charge in [-0.05, 0) is 6.92 Å². The Labute approximate surface area is 62.8 Å². The standard InChI is InChI=1S/C5H8N2O4/c1-2-11-5(8)4(3-6)7(9)10/h3H,2,6H2,1H3/b4-3+. The molecule has 0 saturated heterocycles. The van der Waals surface area contributed by atoms with E-state index in [0.717, 1.165) is 0 Å². The summed E-state index contributed by atoms with van der Waals surface area (Å²) >= 11 is 0. The highest BCUT2D eigenvalue weighted by atomic mass is 16.6. The minimum Gasteiger partial charge on any atom is -0.458 e. The van der Waals surface area contributed by atoms with E-state index in [2.05, 4.69) is 4.74 Å². The lowest BCUT2D eigenvalue weighted by Gasteiger charge is -1.96. The number of hydrogen-bond acceptors (Lipinski definition) is 5. The summed E-state index contributed by atoms with van der Waals surface area (Å²) in [4.78, 5) is 19.7. The van der Waals surface area contributed by atoms with Crippen LogP contribution in [0.4, 0.5) is 0 Å². The SMILES string of the molecule is CCOC(=O)/C(=C\N)[N+](=O)[O-]. The topological polar surface area (TPSA) is 95.5 Å². The highest BCUT2D eigenvalue weighted by Gasteiger charge is 2.21. The summed E-state index contributed by atoms with van der Waals surface area (Å²) in [5, 5.41) is 10.0. The molecule has 0 saturated carbocycles. The van der Waals surface area contributed by atoms with Gasteiger partial charge < -0.3 is 10.5 Å². The van der Waals surface area contributed by atoms with E-state index in [9.17, 15) is 14.9 Å². The number of nitrogens with zero attached hydrogens (tertiary/aromatic N) is 1. The third kappa shape index (κ3) is 2.65. The summed E-state index contributed by atoms with van der Waals surface area (Å²) in [6, 6.07) is 0. The summed E-state index contributed by atoms with van der Waals surface area (Å²) in [7, 11) is 0. The maximum Gasteiger partial charge on any atom is 0.411 e. The predicted molar refractivity (Wildman–Crippen MR) is 35.9 cm³/mol. The molecule has 6 heteroatoms. The molecule has 11 heavy (non-hydrogen) atoms. The first-order chi connectivity index (χ1) is 5.13. The Morgan fingerprint density at radius 3 is 2.64 bits per heavy atom. The Morgan fingerprint density at radius 2 is 2.36 bits per heavy atom. The molecule has 0 rings (SSSR count). The molecule has 0 atom stereocenters. The first kappa shape index (κ1) is 9.41. The second kappa shape index (κ2) is 4.26. The van der Waals surface area contributed by atoms with Crippen molar-refractivity contribution >= 4 is 5.97 Å². The number of carbonyl (C=O) groups is 1. The van der Waals surface area contributed by atoms with Crippen molar-refractivity contribution in [2.24, 2.45) is 5.73 Å². The third-order valence-electron chi connectivity index (χ3n) is 0.839. The lowest BCUT2D eigenvalue weighted by atomic mass is 10.5. The summed E-state index contributed by atoms with van der Waals surface area (Å²) in [5.41, 5.74) is 4.06. The van der Waals surface area contributed by atoms with E-state index in [4.69, 9.17) is 5.73 Å². The second-order valence-corrected chi connectivity index (χ2v) is 1.53. The highest BCUT2D eigenvalue weighted by molar-refractivity contribution is 5.85. The minimum atomic E-state index is -1.01. The van der Waals surface area contributed by atoms with Crippen molar-refractivity contribution < 1.29 is 14.5 Å². The molecule has 0 amide bonds. The predicted octanol–water partition coefficient (Wildman–Crippen LogP) is -0.374. The first-order valence-corrected chi connectivity index (χ1v) is 2.86. The average molecular weight is 160 g/mol. The maximum atomic E-state index is 10.6. The van der Waals surface area contributed by atoms with Crippen molar-refractivity contribution in [1.82, 2.24) is 0 Å². The van der Waals surface area contributed by atoms with Crippen molar-refractivity contribution in [3.8, 4) is 0 Å². The van der Waals surface area contributed by atoms with Crippen LogP contribution >= 0.6 is 0 Å². The maximum absolute atomic E-state index is 10.6. The molecule has 0 heterocycles. The van der Waals surface area contributed by atoms with Gasteiger partial charge in [0.05, 0.1) is 17.7 Å². The molecule has 6 nitrogen and oxygen atoms in total. The van der Waals surface area contributed by atoms with Crippen LogP contribution in [0.25, 0.3) is 0 Å². The molecule has 0 unspecified atom stereocenters. The van der Waals surface area contributed by atoms with Crippen LogP contribution in [-0.4, -0.2) is 17.5 Å². The van der Waals surface area contributed by atoms with Crippen LogP contribution < -0.4 is 5.73 Å². The number of esters is 1. The molecule has 0 aliphatic heterocycles. The van der Waals surface area contributed by atoms with Crippen LogP contribution in [0.2, 0.25) is 0 Å². The fourth-order valence-electron chi connectivity index (χ4n) is 0.408. The van der Waals surface area contributed by atoms with Crippen molar-refractivity contribution in [3.63, 3.8) is 0 Å². The molecule has 0 aromatic rings. The lowest BCUT2D eigenvalue weighted by Crippen LogP contribution is -2.15. The molecule has 2 N–H and O–H groups in total. The second-order valence-electron chi connectivity index (χ2n) is 1.53. The average Bonchev–Trinajstić information content (AvgIpc) is 1.88. The van der Waals surface area contributed by atoms with Gasteiger partial charge in [0.25, 0.3) is 0 Å². The molecule has 0 spiro atoms. The summed E-state index contributed by atoms with van der Waals surface area (Å²) in [6.45, 7) is 1.63. The number of carbonyl (C=O) groups excluding carboxylic acids is 1. The van der Waals surface area contributed by atoms with Gasteiger partial charge in [0.1, 0.15) is 0 Å². The van der Waals surface area contributed by atoms with Gasteiger partial charge in [0, 0.05) is 0 Å². The number of ether oxygens (including phenoxy) is 1. The van der Waals surface area contributed by atoms with Gasteiger partial charge in [-0.25, -0.2) is 4.79 Å². The Balaban J connectivity index is 4.29. The fraction of sp³-hybridized carbons (Fsp3) is 0.400. The van der Waals surface area contributed by atoms with Crippen LogP contribution in [-0.2, 0) is 9.53 Å². The number of nitrogens with two attached hydrogens (primary N) is 1. The molecule has 0 aliphatic rings. The minimum absolute atomic E-state index is 0.0873. The zero-order chi connectivity index (χ0) is 8.85. The first-order valence-electron chi connectivity index (χ1n) is 2.86. The zero-order valence-electron chi connectivity index (χ0n) is 5.94. The molecular formula is C5H8N2O4. The summed E-state index contributed by atoms with van der Waals surface area (Å²) in [6.07, 6.45) is 0.609. The summed E-state index contributed by atoms with van der Waals surface area (Å²) < 4.78 is 4.33. The molecular weight excluding hydrogens is 152 g/mol. The van der Waals surface area contributed by atoms with E-state index < -0.39 is 16.6 Å². The van der Waals surface area contributed by atoms with E-state index in [0.29, 0.717) is 6.20 Å². The lowest BCUT2D eigenvalue weighted by molar-refractivity contribution is -0.421. The normalized spacial score (nSPS) is 10.8. The van der Waals surface area contributed by atoms with Crippen molar-refractivity contribution in [2.45, 2.75) is 6.92 Å². The highest BCUT2D eigenvalue weighted by Crippen LogP contribution is 1.95. The largest absolute Gasteiger partial charge is 0.458 e. The molecule has 0 fully saturated rings. The number of hydrogen-bond donors (Lipinski definition) is 1. The van der Waals surface area contributed by atoms with Gasteiger partial charge >= 0.3 is 11.7 Å². The molecule has 0 radical (unpaired) electrons. The van der Waals surface area contributed by atoms with E-state index in [1.54, 1.807) is 6.92 Å². The van der Waals surface area contributed by atoms with Crippen molar-refractivity contribution in [1.29, 1.82) is 0 Å². The number of rotatable bonds is 3. The third-order valence-corrected chi connectivity index (χ3v) is 0.839. The smallest absolute Gasteiger partial charge is 0.411 e. The Hall–Kier alpha value is -1.59. The van der Waals surface area contributed by atoms with E-state index in [1.165, 1.54) is 0 Å². The van der Waals surface area contributed by atoms with Crippen LogP contribution in [0.15, 0.2) is 11.9 Å². The van der Waals surface area contributed by atoms with Crippen LogP contribution in [0.5, 0.6) is 0 Å². The van der Waals surface area contributed by atoms with Gasteiger partial charge in [-0.3, -0.25) is 10.1 Å². The molecule has 0 aromatic heterocycles. The van der Waals surface area contributed by atoms with Crippen LogP contribution in [0.3, 0.4) is 0 Å². The fourth-order valence-corrected chi connectivity index (χ4v) is 0.408. The van der Waals surface area contributed by atoms with E-state index >= 15 is 0 Å². The van der Waals surface area contributed by atoms with Crippen molar-refractivity contribution in [2.75, 3.05) is 6.61 Å². The van der Waals surface area contributed by atoms with Gasteiger partial charge in [0.2, 0.25) is 0 Å².